The zero-order chi connectivity index (χ0) is 48.2. The summed E-state index contributed by atoms with van der Waals surface area (Å²) in [4.78, 5) is 55.8. The maximum absolute atomic E-state index is 14.3. The van der Waals surface area contributed by atoms with Gasteiger partial charge in [0.1, 0.15) is 18.5 Å². The molecule has 0 aromatic heterocycles. The molecule has 0 spiro atoms. The van der Waals surface area contributed by atoms with E-state index in [4.69, 9.17) is 21.1 Å². The number of aliphatic hydroxyl groups excluding tert-OH is 1. The monoisotopic (exact) mass is 954 g/mol. The number of hydrogen-bond acceptors (Lipinski definition) is 10. The van der Waals surface area contributed by atoms with Gasteiger partial charge in [0.05, 0.1) is 35.0 Å². The lowest BCUT2D eigenvalue weighted by Crippen LogP contribution is -2.66. The lowest BCUT2D eigenvalue weighted by atomic mass is 9.33. The van der Waals surface area contributed by atoms with Gasteiger partial charge in [0.2, 0.25) is 0 Å². The number of aliphatic hydroxyl groups is 1. The van der Waals surface area contributed by atoms with Crippen molar-refractivity contribution in [1.82, 2.24) is 10.2 Å². The Morgan fingerprint density at radius 3 is 2.24 bits per heavy atom. The van der Waals surface area contributed by atoms with Gasteiger partial charge in [-0.25, -0.2) is 8.42 Å². The van der Waals surface area contributed by atoms with Crippen LogP contribution in [0.4, 0.5) is 0 Å². The number of aliphatic carboxylic acids is 1. The van der Waals surface area contributed by atoms with Crippen LogP contribution >= 0.6 is 11.6 Å². The minimum absolute atomic E-state index is 0.00240. The average Bonchev–Trinajstić information content (AvgIpc) is 3.54. The Morgan fingerprint density at radius 2 is 1.59 bits per heavy atom. The molecule has 6 aliphatic carbocycles. The van der Waals surface area contributed by atoms with Crippen molar-refractivity contribution in [2.45, 2.75) is 139 Å². The van der Waals surface area contributed by atoms with Gasteiger partial charge in [-0.15, -0.1) is 0 Å². The zero-order valence-electron chi connectivity index (χ0n) is 40.8. The van der Waals surface area contributed by atoms with Crippen molar-refractivity contribution in [2.24, 2.45) is 68.0 Å². The summed E-state index contributed by atoms with van der Waals surface area (Å²) in [6.07, 6.45) is 6.45. The van der Waals surface area contributed by atoms with Gasteiger partial charge in [-0.1, -0.05) is 79.5 Å². The Balaban J connectivity index is 0.983. The fourth-order valence-electron chi connectivity index (χ4n) is 15.8. The highest BCUT2D eigenvalue weighted by molar-refractivity contribution is 7.91. The lowest BCUT2D eigenvalue weighted by molar-refractivity contribution is -0.238. The maximum Gasteiger partial charge on any atom is 0.309 e. The number of hydrogen-bond donors (Lipinski definition) is 3. The van der Waals surface area contributed by atoms with Crippen molar-refractivity contribution in [1.29, 1.82) is 0 Å². The minimum atomic E-state index is -3.01. The Hall–Kier alpha value is -3.00. The Labute approximate surface area is 397 Å². The molecule has 1 amide bonds. The predicted molar refractivity (Wildman–Crippen MR) is 253 cm³/mol. The number of ether oxygens (including phenoxy) is 2. The largest absolute Gasteiger partial charge is 0.491 e. The molecule has 1 saturated heterocycles. The third-order valence-electron chi connectivity index (χ3n) is 19.9. The van der Waals surface area contributed by atoms with E-state index >= 15 is 0 Å². The number of carboxylic acid groups (broad SMARTS) is 1. The predicted octanol–water partition coefficient (Wildman–Crippen LogP) is 8.18. The van der Waals surface area contributed by atoms with E-state index in [-0.39, 0.29) is 88.0 Å². The van der Waals surface area contributed by atoms with Crippen LogP contribution in [-0.4, -0.2) is 104 Å². The van der Waals surface area contributed by atoms with Crippen LogP contribution in [0.3, 0.4) is 0 Å². The normalized spacial score (nSPS) is 38.2. The summed E-state index contributed by atoms with van der Waals surface area (Å²) in [7, 11) is -3.01. The number of nitrogens with zero attached hydrogens (tertiary/aromatic N) is 1. The highest BCUT2D eigenvalue weighted by Crippen LogP contribution is 2.77. The van der Waals surface area contributed by atoms with Crippen LogP contribution in [0.2, 0.25) is 5.02 Å². The smallest absolute Gasteiger partial charge is 0.309 e. The molecular formula is C52H75ClN2O10S. The average molecular weight is 956 g/mol. The molecule has 0 unspecified atom stereocenters. The number of ketones is 1. The molecule has 6 fully saturated rings. The number of carbonyl (C=O) groups is 4. The molecule has 7 aliphatic rings. The topological polar surface area (TPSA) is 177 Å². The zero-order valence-corrected chi connectivity index (χ0v) is 42.3. The molecule has 66 heavy (non-hydrogen) atoms. The van der Waals surface area contributed by atoms with E-state index in [2.05, 4.69) is 53.8 Å². The van der Waals surface area contributed by atoms with E-state index in [1.165, 1.54) is 0 Å². The summed E-state index contributed by atoms with van der Waals surface area (Å²) in [5.41, 5.74) is 0.379. The summed E-state index contributed by atoms with van der Waals surface area (Å²) in [6.45, 7) is 21.5. The van der Waals surface area contributed by atoms with Gasteiger partial charge >= 0.3 is 11.9 Å². The number of esters is 1. The number of carboxylic acids is 1. The van der Waals surface area contributed by atoms with Gasteiger partial charge in [0.25, 0.3) is 5.91 Å². The first-order valence-corrected chi connectivity index (χ1v) is 27.0. The number of fused-ring (bicyclic) bond motifs is 7. The fraction of sp³-hybridized carbons (Fsp3) is 0.769. The van der Waals surface area contributed by atoms with Gasteiger partial charge in [-0.3, -0.25) is 24.1 Å². The molecule has 0 bridgehead atoms. The van der Waals surface area contributed by atoms with Gasteiger partial charge < -0.3 is 25.0 Å². The summed E-state index contributed by atoms with van der Waals surface area (Å²) in [5.74, 6) is -1.02. The number of benzene rings is 1. The number of amides is 1. The van der Waals surface area contributed by atoms with Crippen LogP contribution in [0.1, 0.15) is 137 Å². The Morgan fingerprint density at radius 1 is 0.894 bits per heavy atom. The molecule has 11 atom stereocenters. The van der Waals surface area contributed by atoms with Crippen molar-refractivity contribution < 1.29 is 47.3 Å². The van der Waals surface area contributed by atoms with Crippen LogP contribution in [-0.2, 0) is 29.0 Å². The number of Topliss-reactive ketones (excluding diaryl/α,β-unsaturated/α-hetero) is 1. The molecule has 1 aromatic rings. The van der Waals surface area contributed by atoms with Crippen molar-refractivity contribution >= 4 is 45.1 Å². The number of allylic oxidation sites excluding steroid dienone is 1. The number of halogens is 1. The molecule has 3 N–H and O–H groups in total. The Kier molecular flexibility index (Phi) is 12.8. The molecular weight excluding hydrogens is 880 g/mol. The number of rotatable bonds is 12. The number of sulfone groups is 1. The van der Waals surface area contributed by atoms with E-state index in [1.54, 1.807) is 18.2 Å². The second-order valence-corrected chi connectivity index (χ2v) is 26.6. The number of nitrogens with one attached hydrogen (secondary N) is 1. The van der Waals surface area contributed by atoms with E-state index in [9.17, 15) is 37.8 Å². The summed E-state index contributed by atoms with van der Waals surface area (Å²) >= 11 is 6.36. The lowest BCUT2D eigenvalue weighted by Gasteiger charge is -2.72. The van der Waals surface area contributed by atoms with E-state index < -0.39 is 50.5 Å². The third-order valence-corrected chi connectivity index (χ3v) is 21.8. The molecule has 14 heteroatoms. The molecule has 1 aromatic carbocycles. The van der Waals surface area contributed by atoms with Crippen LogP contribution in [0.5, 0.6) is 5.75 Å². The van der Waals surface area contributed by atoms with Crippen LogP contribution in [0.25, 0.3) is 0 Å². The third kappa shape index (κ3) is 7.87. The second-order valence-electron chi connectivity index (χ2n) is 23.8. The fourth-order valence-corrected chi connectivity index (χ4v) is 17.2. The second kappa shape index (κ2) is 17.1. The first-order valence-electron chi connectivity index (χ1n) is 24.8. The quantitative estimate of drug-likeness (QED) is 0.172. The number of carbonyl (C=O) groups excluding carboxylic acids is 3. The van der Waals surface area contributed by atoms with Crippen molar-refractivity contribution in [3.05, 3.63) is 39.9 Å². The molecule has 0 radical (unpaired) electrons. The Bertz CT molecular complexity index is 2280. The van der Waals surface area contributed by atoms with Crippen LogP contribution < -0.4 is 10.1 Å². The standard InChI is InChI=1S/C52H75ClN2O10S/c1-30(2)42-36(56)28-52(40(57)29-54-44(58)32-11-10-31(53)26-37(32)64-23-20-55-21-24-66(62,63)25-22-55)19-18-50(8)33(43(42)52)12-13-39-49(7)16-15-41(48(5,6)38(49)14-17-51(39,50)9)65-46(61)35-27-34(45(59)60)47(35,3)4/h10-11,26,30,33-35,38-41,57H,12-25,27-29H2,1-9H3,(H,54,58)(H,59,60)/t33-,34+,35-,38+,39-,40+,41+,49+,50-,51-,52+/m1/s1. The van der Waals surface area contributed by atoms with Crippen molar-refractivity contribution in [2.75, 3.05) is 44.3 Å². The highest BCUT2D eigenvalue weighted by atomic mass is 35.5. The summed E-state index contributed by atoms with van der Waals surface area (Å²) in [5, 5.41) is 25.6. The van der Waals surface area contributed by atoms with Crippen LogP contribution in [0, 0.1) is 68.0 Å². The first kappa shape index (κ1) is 49.4. The van der Waals surface area contributed by atoms with Crippen LogP contribution in [0.15, 0.2) is 29.3 Å². The van der Waals surface area contributed by atoms with Gasteiger partial charge in [0.15, 0.2) is 15.6 Å². The first-order chi connectivity index (χ1) is 30.7. The highest BCUT2D eigenvalue weighted by Gasteiger charge is 2.71. The van der Waals surface area contributed by atoms with Gasteiger partial charge in [-0.05, 0) is 127 Å². The molecule has 366 valence electrons. The van der Waals surface area contributed by atoms with Gasteiger partial charge in [0, 0.05) is 48.5 Å². The molecule has 1 heterocycles. The summed E-state index contributed by atoms with van der Waals surface area (Å²) < 4.78 is 36.3. The summed E-state index contributed by atoms with van der Waals surface area (Å²) in [6, 6.07) is 4.84. The molecule has 8 rings (SSSR count). The minimum Gasteiger partial charge on any atom is -0.491 e. The van der Waals surface area contributed by atoms with E-state index in [0.717, 1.165) is 56.1 Å². The van der Waals surface area contributed by atoms with Crippen molar-refractivity contribution in [3.63, 3.8) is 0 Å². The SMILES string of the molecule is CC(C)C1=C2[C@H]3CC[C@@H]4[C@@]5(C)CC[C@H](OC(=O)[C@H]6C[C@@H](C(=O)O)C6(C)C)C(C)(C)[C@@H]5CC[C@@]4(C)[C@]3(C)CC[C@@]2([C@@H](O)CNC(=O)c2ccc(Cl)cc2OCCN2CCS(=O)(=O)CC2)CC1=O. The van der Waals surface area contributed by atoms with E-state index in [0.29, 0.717) is 55.1 Å². The van der Waals surface area contributed by atoms with Crippen molar-refractivity contribution in [3.8, 4) is 5.75 Å². The van der Waals surface area contributed by atoms with E-state index in [1.807, 2.05) is 18.7 Å². The molecule has 12 nitrogen and oxygen atoms in total. The maximum atomic E-state index is 14.3. The molecule has 1 aliphatic heterocycles. The van der Waals surface area contributed by atoms with Gasteiger partial charge in [-0.2, -0.15) is 0 Å². The molecule has 5 saturated carbocycles.